The van der Waals surface area contributed by atoms with Gasteiger partial charge in [0.25, 0.3) is 0 Å². The van der Waals surface area contributed by atoms with Crippen molar-refractivity contribution in [2.24, 2.45) is 0 Å². The number of ether oxygens (including phenoxy) is 1. The van der Waals surface area contributed by atoms with E-state index in [-0.39, 0.29) is 5.92 Å². The Hall–Kier alpha value is -3.63. The molecule has 5 rings (SSSR count). The van der Waals surface area contributed by atoms with Gasteiger partial charge in [0.05, 0.1) is 0 Å². The van der Waals surface area contributed by atoms with Gasteiger partial charge in [0.15, 0.2) is 6.10 Å². The fraction of sp³-hybridized carbons (Fsp3) is 0.219. The summed E-state index contributed by atoms with van der Waals surface area (Å²) in [7, 11) is 0. The van der Waals surface area contributed by atoms with E-state index in [1.165, 1.54) is 36.9 Å². The standard InChI is InChI=1S/C32H30O3S/c1-19(2)26-17-24(14-15-27(26)35-28(32(33)34)16-22-10-6-5-7-11-22)31-25-13-9-8-12-23(25)18-29-30(31)20(3)21(4)36-29/h5-15,17-19,28H,16H2,1-4H3,(H,33,34). The van der Waals surface area contributed by atoms with Crippen LogP contribution in [0.25, 0.3) is 32.0 Å². The molecule has 0 fully saturated rings. The number of carboxylic acid groups (broad SMARTS) is 1. The predicted octanol–water partition coefficient (Wildman–Crippen LogP) is 8.54. The number of carboxylic acids is 1. The SMILES string of the molecule is Cc1sc2cc3ccccc3c(-c3ccc(OC(Cc4ccccc4)C(=O)O)c(C(C)C)c3)c2c1C. The Balaban J connectivity index is 1.63. The summed E-state index contributed by atoms with van der Waals surface area (Å²) in [5.41, 5.74) is 5.63. The molecule has 1 heterocycles. The summed E-state index contributed by atoms with van der Waals surface area (Å²) in [4.78, 5) is 13.4. The Bertz CT molecular complexity index is 1560. The smallest absolute Gasteiger partial charge is 0.345 e. The van der Waals surface area contributed by atoms with E-state index in [4.69, 9.17) is 4.74 Å². The van der Waals surface area contributed by atoms with Gasteiger partial charge in [0.2, 0.25) is 0 Å². The lowest BCUT2D eigenvalue weighted by atomic mass is 9.90. The van der Waals surface area contributed by atoms with Gasteiger partial charge < -0.3 is 9.84 Å². The molecule has 1 aromatic heterocycles. The molecule has 0 aliphatic rings. The average molecular weight is 495 g/mol. The van der Waals surface area contributed by atoms with Crippen LogP contribution in [-0.2, 0) is 11.2 Å². The molecule has 0 spiro atoms. The van der Waals surface area contributed by atoms with E-state index in [9.17, 15) is 9.90 Å². The van der Waals surface area contributed by atoms with Crippen molar-refractivity contribution in [1.29, 1.82) is 0 Å². The Morgan fingerprint density at radius 2 is 1.67 bits per heavy atom. The van der Waals surface area contributed by atoms with Crippen LogP contribution in [0.1, 0.15) is 41.3 Å². The van der Waals surface area contributed by atoms with E-state index in [1.54, 1.807) is 0 Å². The van der Waals surface area contributed by atoms with Gasteiger partial charge in [-0.25, -0.2) is 4.79 Å². The third-order valence-corrected chi connectivity index (χ3v) is 8.06. The highest BCUT2D eigenvalue weighted by atomic mass is 32.1. The van der Waals surface area contributed by atoms with Gasteiger partial charge in [-0.3, -0.25) is 0 Å². The first kappa shape index (κ1) is 24.1. The average Bonchev–Trinajstić information content (AvgIpc) is 3.15. The highest BCUT2D eigenvalue weighted by molar-refractivity contribution is 7.19. The first-order valence-corrected chi connectivity index (χ1v) is 13.1. The normalized spacial score (nSPS) is 12.4. The Labute approximate surface area is 216 Å². The van der Waals surface area contributed by atoms with Gasteiger partial charge in [-0.15, -0.1) is 11.3 Å². The monoisotopic (exact) mass is 494 g/mol. The Morgan fingerprint density at radius 3 is 2.39 bits per heavy atom. The van der Waals surface area contributed by atoms with Crippen LogP contribution >= 0.6 is 11.3 Å². The molecular weight excluding hydrogens is 464 g/mol. The van der Waals surface area contributed by atoms with E-state index < -0.39 is 12.1 Å². The van der Waals surface area contributed by atoms with Gasteiger partial charge in [-0.2, -0.15) is 0 Å². The van der Waals surface area contributed by atoms with E-state index in [2.05, 4.69) is 70.2 Å². The van der Waals surface area contributed by atoms with Gasteiger partial charge >= 0.3 is 5.97 Å². The lowest BCUT2D eigenvalue weighted by molar-refractivity contribution is -0.145. The van der Waals surface area contributed by atoms with E-state index >= 15 is 0 Å². The summed E-state index contributed by atoms with van der Waals surface area (Å²) in [5, 5.41) is 13.6. The largest absolute Gasteiger partial charge is 0.478 e. The highest BCUT2D eigenvalue weighted by Crippen LogP contribution is 2.44. The molecule has 182 valence electrons. The van der Waals surface area contributed by atoms with Gasteiger partial charge in [-0.05, 0) is 76.6 Å². The maximum absolute atomic E-state index is 12.1. The molecule has 0 radical (unpaired) electrons. The molecule has 0 saturated carbocycles. The van der Waals surface area contributed by atoms with E-state index in [0.717, 1.165) is 16.7 Å². The summed E-state index contributed by atoms with van der Waals surface area (Å²) in [5.74, 6) is -0.161. The lowest BCUT2D eigenvalue weighted by Gasteiger charge is -2.21. The maximum Gasteiger partial charge on any atom is 0.345 e. The molecule has 1 N–H and O–H groups in total. The van der Waals surface area contributed by atoms with Crippen molar-refractivity contribution in [2.75, 3.05) is 0 Å². The number of carbonyl (C=O) groups is 1. The Kier molecular flexibility index (Phi) is 6.55. The summed E-state index contributed by atoms with van der Waals surface area (Å²) in [6.45, 7) is 8.63. The molecule has 0 amide bonds. The second-order valence-electron chi connectivity index (χ2n) is 9.67. The zero-order chi connectivity index (χ0) is 25.4. The molecule has 5 aromatic rings. The maximum atomic E-state index is 12.1. The predicted molar refractivity (Wildman–Crippen MR) is 151 cm³/mol. The number of thiophene rings is 1. The molecule has 1 unspecified atom stereocenters. The number of benzene rings is 4. The number of aryl methyl sites for hydroxylation is 2. The molecule has 0 saturated heterocycles. The van der Waals surface area contributed by atoms with Gasteiger partial charge in [-0.1, -0.05) is 74.5 Å². The second-order valence-corrected chi connectivity index (χ2v) is 10.9. The summed E-state index contributed by atoms with van der Waals surface area (Å²) < 4.78 is 7.46. The summed E-state index contributed by atoms with van der Waals surface area (Å²) in [6.07, 6.45) is -0.644. The van der Waals surface area contributed by atoms with Crippen molar-refractivity contribution in [3.05, 3.63) is 100 Å². The zero-order valence-electron chi connectivity index (χ0n) is 21.0. The minimum atomic E-state index is -0.960. The van der Waals surface area contributed by atoms with Crippen LogP contribution < -0.4 is 4.74 Å². The van der Waals surface area contributed by atoms with Gasteiger partial charge in [0, 0.05) is 21.4 Å². The van der Waals surface area contributed by atoms with Crippen molar-refractivity contribution in [3.63, 3.8) is 0 Å². The van der Waals surface area contributed by atoms with Crippen LogP contribution in [0.3, 0.4) is 0 Å². The van der Waals surface area contributed by atoms with Crippen LogP contribution in [0, 0.1) is 13.8 Å². The first-order valence-electron chi connectivity index (χ1n) is 12.3. The summed E-state index contributed by atoms with van der Waals surface area (Å²) >= 11 is 1.84. The van der Waals surface area contributed by atoms with Crippen molar-refractivity contribution in [2.45, 2.75) is 46.1 Å². The van der Waals surface area contributed by atoms with Crippen molar-refractivity contribution < 1.29 is 14.6 Å². The second kappa shape index (κ2) is 9.79. The van der Waals surface area contributed by atoms with Crippen LogP contribution in [0.5, 0.6) is 5.75 Å². The van der Waals surface area contributed by atoms with Crippen LogP contribution in [0.2, 0.25) is 0 Å². The molecular formula is C32H30O3S. The molecule has 0 aliphatic carbocycles. The quantitative estimate of drug-likeness (QED) is 0.247. The Morgan fingerprint density at radius 1 is 0.944 bits per heavy atom. The molecule has 0 aliphatic heterocycles. The molecule has 0 bridgehead atoms. The molecule has 4 aromatic carbocycles. The molecule has 1 atom stereocenters. The third-order valence-electron chi connectivity index (χ3n) is 6.91. The molecule has 3 nitrogen and oxygen atoms in total. The van der Waals surface area contributed by atoms with Gasteiger partial charge in [0.1, 0.15) is 5.75 Å². The number of fused-ring (bicyclic) bond motifs is 2. The first-order chi connectivity index (χ1) is 17.3. The number of hydrogen-bond donors (Lipinski definition) is 1. The zero-order valence-corrected chi connectivity index (χ0v) is 21.9. The highest BCUT2D eigenvalue weighted by Gasteiger charge is 2.23. The lowest BCUT2D eigenvalue weighted by Crippen LogP contribution is -2.29. The van der Waals surface area contributed by atoms with Crippen LogP contribution in [-0.4, -0.2) is 17.2 Å². The number of hydrogen-bond acceptors (Lipinski definition) is 3. The minimum Gasteiger partial charge on any atom is -0.478 e. The van der Waals surface area contributed by atoms with E-state index in [1.807, 2.05) is 47.7 Å². The van der Waals surface area contributed by atoms with Crippen molar-refractivity contribution in [3.8, 4) is 16.9 Å². The van der Waals surface area contributed by atoms with Crippen molar-refractivity contribution in [1.82, 2.24) is 0 Å². The van der Waals surface area contributed by atoms with Crippen LogP contribution in [0.4, 0.5) is 0 Å². The summed E-state index contributed by atoms with van der Waals surface area (Å²) in [6, 6.07) is 26.7. The number of aliphatic carboxylic acids is 1. The molecule has 4 heteroatoms. The van der Waals surface area contributed by atoms with E-state index in [0.29, 0.717) is 12.2 Å². The fourth-order valence-electron chi connectivity index (χ4n) is 4.92. The fourth-order valence-corrected chi connectivity index (χ4v) is 6.04. The number of rotatable bonds is 7. The van der Waals surface area contributed by atoms with Crippen molar-refractivity contribution >= 4 is 38.2 Å². The van der Waals surface area contributed by atoms with Crippen LogP contribution in [0.15, 0.2) is 78.9 Å². The molecule has 36 heavy (non-hydrogen) atoms. The minimum absolute atomic E-state index is 0.168. The third kappa shape index (κ3) is 4.49. The topological polar surface area (TPSA) is 46.5 Å².